The number of aromatic nitrogens is 2. The minimum absolute atomic E-state index is 0.0773. The number of carbonyl (C=O) groups is 1. The summed E-state index contributed by atoms with van der Waals surface area (Å²) in [5, 5.41) is 3.65. The molecule has 1 saturated heterocycles. The van der Waals surface area contributed by atoms with Crippen LogP contribution >= 0.6 is 11.6 Å². The maximum absolute atomic E-state index is 12.4. The van der Waals surface area contributed by atoms with Crippen LogP contribution < -0.4 is 10.2 Å². The third-order valence-corrected chi connectivity index (χ3v) is 4.81. The standard InChI is InChI=1S/C16H24ClN5O/c1-12-18-14(17)11-15(19-12)21-7-9-22(10-8-21)16(23)20-13-5-3-2-4-6-13/h11,13H,2-10H2,1H3,(H,20,23). The van der Waals surface area contributed by atoms with Crippen LogP contribution in [0.3, 0.4) is 0 Å². The van der Waals surface area contributed by atoms with Crippen molar-refractivity contribution >= 4 is 23.4 Å². The molecule has 0 aromatic carbocycles. The molecule has 2 aliphatic rings. The molecule has 0 radical (unpaired) electrons. The van der Waals surface area contributed by atoms with Gasteiger partial charge in [-0.1, -0.05) is 30.9 Å². The third kappa shape index (κ3) is 4.25. The number of aryl methyl sites for hydroxylation is 1. The lowest BCUT2D eigenvalue weighted by Crippen LogP contribution is -2.53. The van der Waals surface area contributed by atoms with Gasteiger partial charge >= 0.3 is 6.03 Å². The number of nitrogens with zero attached hydrogens (tertiary/aromatic N) is 4. The molecule has 23 heavy (non-hydrogen) atoms. The number of hydrogen-bond acceptors (Lipinski definition) is 4. The predicted octanol–water partition coefficient (Wildman–Crippen LogP) is 2.60. The van der Waals surface area contributed by atoms with Crippen LogP contribution in [0.1, 0.15) is 37.9 Å². The molecule has 1 aliphatic heterocycles. The van der Waals surface area contributed by atoms with Gasteiger partial charge in [0, 0.05) is 38.3 Å². The van der Waals surface area contributed by atoms with Gasteiger partial charge in [0.2, 0.25) is 0 Å². The Hall–Kier alpha value is -1.56. The summed E-state index contributed by atoms with van der Waals surface area (Å²) in [6.45, 7) is 4.79. The summed E-state index contributed by atoms with van der Waals surface area (Å²) in [4.78, 5) is 25.0. The molecule has 2 amide bonds. The van der Waals surface area contributed by atoms with Crippen LogP contribution in [-0.2, 0) is 0 Å². The molecule has 1 aromatic heterocycles. The Labute approximate surface area is 142 Å². The number of rotatable bonds is 2. The van der Waals surface area contributed by atoms with Gasteiger partial charge in [-0.3, -0.25) is 0 Å². The summed E-state index contributed by atoms with van der Waals surface area (Å²) >= 11 is 6.00. The van der Waals surface area contributed by atoms with Crippen LogP contribution in [-0.4, -0.2) is 53.1 Å². The van der Waals surface area contributed by atoms with Crippen molar-refractivity contribution in [1.82, 2.24) is 20.2 Å². The molecule has 0 atom stereocenters. The van der Waals surface area contributed by atoms with Crippen molar-refractivity contribution in [2.45, 2.75) is 45.1 Å². The van der Waals surface area contributed by atoms with E-state index in [0.717, 1.165) is 31.7 Å². The molecule has 0 spiro atoms. The summed E-state index contributed by atoms with van der Waals surface area (Å²) in [5.41, 5.74) is 0. The Balaban J connectivity index is 1.52. The molecule has 3 rings (SSSR count). The minimum Gasteiger partial charge on any atom is -0.353 e. The topological polar surface area (TPSA) is 61.4 Å². The number of amides is 2. The maximum atomic E-state index is 12.4. The highest BCUT2D eigenvalue weighted by Gasteiger charge is 2.24. The van der Waals surface area contributed by atoms with E-state index in [1.54, 1.807) is 6.07 Å². The van der Waals surface area contributed by atoms with Crippen molar-refractivity contribution in [3.8, 4) is 0 Å². The van der Waals surface area contributed by atoms with Crippen molar-refractivity contribution in [2.75, 3.05) is 31.1 Å². The van der Waals surface area contributed by atoms with Crippen LogP contribution in [0.25, 0.3) is 0 Å². The second-order valence-corrected chi connectivity index (χ2v) is 6.74. The third-order valence-electron chi connectivity index (χ3n) is 4.62. The monoisotopic (exact) mass is 337 g/mol. The Morgan fingerprint density at radius 1 is 1.17 bits per heavy atom. The van der Waals surface area contributed by atoms with Gasteiger partial charge in [0.1, 0.15) is 16.8 Å². The Morgan fingerprint density at radius 2 is 1.87 bits per heavy atom. The first-order valence-corrected chi connectivity index (χ1v) is 8.81. The molecule has 126 valence electrons. The maximum Gasteiger partial charge on any atom is 0.317 e. The van der Waals surface area contributed by atoms with Crippen molar-refractivity contribution in [2.24, 2.45) is 0 Å². The van der Waals surface area contributed by atoms with E-state index in [-0.39, 0.29) is 6.03 Å². The van der Waals surface area contributed by atoms with E-state index in [4.69, 9.17) is 11.6 Å². The average Bonchev–Trinajstić information content (AvgIpc) is 2.55. The fraction of sp³-hybridized carbons (Fsp3) is 0.688. The average molecular weight is 338 g/mol. The van der Waals surface area contributed by atoms with Gasteiger partial charge in [0.25, 0.3) is 0 Å². The van der Waals surface area contributed by atoms with Crippen LogP contribution in [0, 0.1) is 6.92 Å². The smallest absolute Gasteiger partial charge is 0.317 e. The summed E-state index contributed by atoms with van der Waals surface area (Å²) < 4.78 is 0. The van der Waals surface area contributed by atoms with Gasteiger partial charge in [-0.05, 0) is 19.8 Å². The highest BCUT2D eigenvalue weighted by atomic mass is 35.5. The largest absolute Gasteiger partial charge is 0.353 e. The molecular formula is C16H24ClN5O. The summed E-state index contributed by atoms with van der Waals surface area (Å²) in [6, 6.07) is 2.22. The van der Waals surface area contributed by atoms with E-state index in [1.165, 1.54) is 19.3 Å². The molecule has 2 heterocycles. The van der Waals surface area contributed by atoms with E-state index < -0.39 is 0 Å². The van der Waals surface area contributed by atoms with E-state index in [1.807, 2.05) is 11.8 Å². The summed E-state index contributed by atoms with van der Waals surface area (Å²) in [6.07, 6.45) is 5.99. The van der Waals surface area contributed by atoms with E-state index >= 15 is 0 Å². The van der Waals surface area contributed by atoms with Gasteiger partial charge in [-0.25, -0.2) is 14.8 Å². The number of carbonyl (C=O) groups excluding carboxylic acids is 1. The zero-order valence-electron chi connectivity index (χ0n) is 13.6. The molecule has 1 saturated carbocycles. The number of anilines is 1. The number of nitrogens with one attached hydrogen (secondary N) is 1. The number of urea groups is 1. The van der Waals surface area contributed by atoms with Crippen LogP contribution in [0.5, 0.6) is 0 Å². The fourth-order valence-corrected chi connectivity index (χ4v) is 3.55. The molecule has 0 unspecified atom stereocenters. The Kier molecular flexibility index (Phi) is 5.20. The molecule has 1 aliphatic carbocycles. The zero-order valence-corrected chi connectivity index (χ0v) is 14.3. The second-order valence-electron chi connectivity index (χ2n) is 6.35. The van der Waals surface area contributed by atoms with Gasteiger partial charge in [0.15, 0.2) is 0 Å². The summed E-state index contributed by atoms with van der Waals surface area (Å²) in [5.74, 6) is 1.51. The first-order chi connectivity index (χ1) is 11.1. The van der Waals surface area contributed by atoms with Gasteiger partial charge in [-0.2, -0.15) is 0 Å². The predicted molar refractivity (Wildman–Crippen MR) is 91.0 cm³/mol. The molecule has 7 heteroatoms. The molecular weight excluding hydrogens is 314 g/mol. The summed E-state index contributed by atoms with van der Waals surface area (Å²) in [7, 11) is 0. The van der Waals surface area contributed by atoms with Gasteiger partial charge in [-0.15, -0.1) is 0 Å². The Bertz CT molecular complexity index is 533. The minimum atomic E-state index is 0.0773. The molecule has 1 aromatic rings. The van der Waals surface area contributed by atoms with Crippen molar-refractivity contribution in [1.29, 1.82) is 0 Å². The second kappa shape index (κ2) is 7.34. The SMILES string of the molecule is Cc1nc(Cl)cc(N2CCN(C(=O)NC3CCCCC3)CC2)n1. The van der Waals surface area contributed by atoms with Crippen LogP contribution in [0.15, 0.2) is 6.07 Å². The fourth-order valence-electron chi connectivity index (χ4n) is 3.33. The van der Waals surface area contributed by atoms with Crippen LogP contribution in [0.4, 0.5) is 10.6 Å². The van der Waals surface area contributed by atoms with Crippen LogP contribution in [0.2, 0.25) is 5.15 Å². The van der Waals surface area contributed by atoms with Gasteiger partial charge in [0.05, 0.1) is 0 Å². The quantitative estimate of drug-likeness (QED) is 0.843. The van der Waals surface area contributed by atoms with Crippen molar-refractivity contribution < 1.29 is 4.79 Å². The highest BCUT2D eigenvalue weighted by molar-refractivity contribution is 6.29. The number of hydrogen-bond donors (Lipinski definition) is 1. The van der Waals surface area contributed by atoms with E-state index in [9.17, 15) is 4.79 Å². The lowest BCUT2D eigenvalue weighted by atomic mass is 9.96. The molecule has 6 nitrogen and oxygen atoms in total. The highest BCUT2D eigenvalue weighted by Crippen LogP contribution is 2.19. The molecule has 0 bridgehead atoms. The normalized spacial score (nSPS) is 19.7. The molecule has 1 N–H and O–H groups in total. The van der Waals surface area contributed by atoms with Crippen molar-refractivity contribution in [3.05, 3.63) is 17.0 Å². The zero-order chi connectivity index (χ0) is 16.2. The number of halogens is 1. The van der Waals surface area contributed by atoms with Crippen molar-refractivity contribution in [3.63, 3.8) is 0 Å². The lowest BCUT2D eigenvalue weighted by Gasteiger charge is -2.36. The Morgan fingerprint density at radius 3 is 2.52 bits per heavy atom. The lowest BCUT2D eigenvalue weighted by molar-refractivity contribution is 0.186. The van der Waals surface area contributed by atoms with E-state index in [2.05, 4.69) is 20.2 Å². The first-order valence-electron chi connectivity index (χ1n) is 8.43. The first kappa shape index (κ1) is 16.3. The van der Waals surface area contributed by atoms with E-state index in [0.29, 0.717) is 30.1 Å². The van der Waals surface area contributed by atoms with Gasteiger partial charge < -0.3 is 15.1 Å². The molecule has 2 fully saturated rings. The number of piperazine rings is 1.